The fraction of sp³-hybridized carbons (Fsp3) is 0.222. The number of amides is 1. The van der Waals surface area contributed by atoms with Crippen LogP contribution in [-0.2, 0) is 13.1 Å². The number of nitriles is 1. The maximum absolute atomic E-state index is 12.7. The van der Waals surface area contributed by atoms with Crippen molar-refractivity contribution in [1.29, 1.82) is 5.26 Å². The summed E-state index contributed by atoms with van der Waals surface area (Å²) < 4.78 is 7.97. The molecule has 2 aromatic carbocycles. The minimum atomic E-state index is -0.0348. The molecule has 0 saturated carbocycles. The van der Waals surface area contributed by atoms with Crippen LogP contribution in [0.1, 0.15) is 27.4 Å². The molecule has 0 spiro atoms. The Morgan fingerprint density at radius 3 is 2.57 bits per heavy atom. The minimum Gasteiger partial charge on any atom is -0.451 e. The summed E-state index contributed by atoms with van der Waals surface area (Å²) >= 11 is 1.87. The number of hydrogen-bond acceptors (Lipinski definition) is 6. The van der Waals surface area contributed by atoms with Crippen LogP contribution in [0.5, 0.6) is 0 Å². The summed E-state index contributed by atoms with van der Waals surface area (Å²) in [5, 5.41) is 12.4. The van der Waals surface area contributed by atoms with Crippen LogP contribution in [0.3, 0.4) is 0 Å². The zero-order valence-corrected chi connectivity index (χ0v) is 20.0. The lowest BCUT2D eigenvalue weighted by Crippen LogP contribution is -2.37. The Hall–Kier alpha value is -3.96. The molecule has 1 aliphatic rings. The highest BCUT2D eigenvalue weighted by Gasteiger charge is 2.21. The predicted molar refractivity (Wildman–Crippen MR) is 137 cm³/mol. The molecule has 2 aromatic heterocycles. The molecule has 0 atom stereocenters. The highest BCUT2D eigenvalue weighted by molar-refractivity contribution is 7.99. The molecule has 1 fully saturated rings. The molecular formula is C27H25N5O2S. The number of imidazole rings is 1. The first kappa shape index (κ1) is 22.8. The summed E-state index contributed by atoms with van der Waals surface area (Å²) in [4.78, 5) is 18.8. The Morgan fingerprint density at radius 2 is 1.83 bits per heavy atom. The molecular weight excluding hydrogens is 458 g/mol. The third-order valence-electron chi connectivity index (χ3n) is 5.99. The van der Waals surface area contributed by atoms with Crippen molar-refractivity contribution in [3.63, 3.8) is 0 Å². The van der Waals surface area contributed by atoms with Crippen LogP contribution in [-0.4, -0.2) is 45.0 Å². The highest BCUT2D eigenvalue weighted by Crippen LogP contribution is 2.25. The Bertz CT molecular complexity index is 1330. The highest BCUT2D eigenvalue weighted by atomic mass is 32.2. The summed E-state index contributed by atoms with van der Waals surface area (Å²) in [6.45, 7) is 2.86. The zero-order chi connectivity index (χ0) is 24.0. The van der Waals surface area contributed by atoms with Gasteiger partial charge in [-0.1, -0.05) is 12.1 Å². The second kappa shape index (κ2) is 10.5. The normalized spacial score (nSPS) is 13.4. The molecule has 0 bridgehead atoms. The number of furan rings is 1. The molecule has 8 heteroatoms. The van der Waals surface area contributed by atoms with E-state index in [1.54, 1.807) is 6.07 Å². The van der Waals surface area contributed by atoms with Gasteiger partial charge in [0.15, 0.2) is 5.76 Å². The van der Waals surface area contributed by atoms with Crippen molar-refractivity contribution in [2.75, 3.05) is 29.9 Å². The number of nitrogens with one attached hydrogen (secondary N) is 1. The number of carbonyl (C=O) groups excluding carboxylic acids is 1. The van der Waals surface area contributed by atoms with Gasteiger partial charge >= 0.3 is 0 Å². The quantitative estimate of drug-likeness (QED) is 0.404. The zero-order valence-electron chi connectivity index (χ0n) is 19.2. The van der Waals surface area contributed by atoms with Crippen LogP contribution < -0.4 is 5.32 Å². The Balaban J connectivity index is 1.19. The number of rotatable bonds is 7. The molecule has 0 radical (unpaired) electrons. The topological polar surface area (TPSA) is 87.1 Å². The number of hydrogen-bond donors (Lipinski definition) is 1. The van der Waals surface area contributed by atoms with Gasteiger partial charge in [-0.3, -0.25) is 4.79 Å². The molecule has 0 aliphatic carbocycles. The maximum Gasteiger partial charge on any atom is 0.289 e. The molecule has 1 N–H and O–H groups in total. The van der Waals surface area contributed by atoms with Gasteiger partial charge in [0.05, 0.1) is 30.2 Å². The monoisotopic (exact) mass is 483 g/mol. The van der Waals surface area contributed by atoms with Crippen LogP contribution in [0.2, 0.25) is 0 Å². The standard InChI is InChI=1S/C27H25N5O2S/c28-15-20-1-3-21(4-2-20)18-32-19-29-16-24(32)17-30-23-7-5-22(6-8-23)25-9-10-26(34-25)27(33)31-11-13-35-14-12-31/h1-10,16,19,30H,11-14,17-18H2. The summed E-state index contributed by atoms with van der Waals surface area (Å²) in [6.07, 6.45) is 3.67. The maximum atomic E-state index is 12.7. The van der Waals surface area contributed by atoms with Gasteiger partial charge in [-0.25, -0.2) is 4.98 Å². The van der Waals surface area contributed by atoms with Gasteiger partial charge in [-0.05, 0) is 54.1 Å². The lowest BCUT2D eigenvalue weighted by molar-refractivity contribution is 0.0741. The van der Waals surface area contributed by atoms with E-state index < -0.39 is 0 Å². The SMILES string of the molecule is N#Cc1ccc(Cn2cncc2CNc2ccc(-c3ccc(C(=O)N4CCSCC4)o3)cc2)cc1. The van der Waals surface area contributed by atoms with Gasteiger partial charge in [0, 0.05) is 48.6 Å². The van der Waals surface area contributed by atoms with Gasteiger partial charge < -0.3 is 19.2 Å². The van der Waals surface area contributed by atoms with Crippen molar-refractivity contribution in [2.24, 2.45) is 0 Å². The van der Waals surface area contributed by atoms with Crippen molar-refractivity contribution >= 4 is 23.4 Å². The first-order chi connectivity index (χ1) is 17.2. The third kappa shape index (κ3) is 5.42. The molecule has 5 rings (SSSR count). The van der Waals surface area contributed by atoms with Crippen molar-refractivity contribution in [3.05, 3.63) is 95.8 Å². The van der Waals surface area contributed by atoms with E-state index in [4.69, 9.17) is 9.68 Å². The van der Waals surface area contributed by atoms with E-state index in [0.717, 1.165) is 47.1 Å². The summed E-state index contributed by atoms with van der Waals surface area (Å²) in [5.74, 6) is 3.00. The second-order valence-electron chi connectivity index (χ2n) is 8.32. The average molecular weight is 484 g/mol. The smallest absolute Gasteiger partial charge is 0.289 e. The van der Waals surface area contributed by atoms with E-state index in [-0.39, 0.29) is 5.91 Å². The largest absolute Gasteiger partial charge is 0.451 e. The van der Waals surface area contributed by atoms with Gasteiger partial charge in [0.25, 0.3) is 5.91 Å². The Morgan fingerprint density at radius 1 is 1.06 bits per heavy atom. The Kier molecular flexibility index (Phi) is 6.87. The van der Waals surface area contributed by atoms with E-state index in [2.05, 4.69) is 20.9 Å². The number of nitrogens with zero attached hydrogens (tertiary/aromatic N) is 4. The van der Waals surface area contributed by atoms with Crippen LogP contribution in [0.4, 0.5) is 5.69 Å². The van der Waals surface area contributed by atoms with Crippen molar-refractivity contribution in [1.82, 2.24) is 14.5 Å². The molecule has 1 saturated heterocycles. The van der Waals surface area contributed by atoms with Crippen LogP contribution >= 0.6 is 11.8 Å². The predicted octanol–water partition coefficient (Wildman–Crippen LogP) is 4.86. The summed E-state index contributed by atoms with van der Waals surface area (Å²) in [7, 11) is 0. The van der Waals surface area contributed by atoms with E-state index in [1.165, 1.54) is 0 Å². The second-order valence-corrected chi connectivity index (χ2v) is 9.55. The molecule has 1 aliphatic heterocycles. The molecule has 176 valence electrons. The van der Waals surface area contributed by atoms with Crippen LogP contribution in [0.15, 0.2) is 77.6 Å². The van der Waals surface area contributed by atoms with Gasteiger partial charge in [-0.2, -0.15) is 17.0 Å². The first-order valence-corrected chi connectivity index (χ1v) is 12.6. The number of aromatic nitrogens is 2. The van der Waals surface area contributed by atoms with Gasteiger partial charge in [0.2, 0.25) is 0 Å². The lowest BCUT2D eigenvalue weighted by Gasteiger charge is -2.25. The van der Waals surface area contributed by atoms with E-state index in [1.807, 2.05) is 83.8 Å². The summed E-state index contributed by atoms with van der Waals surface area (Å²) in [6, 6.07) is 21.3. The van der Waals surface area contributed by atoms with Gasteiger partial charge in [-0.15, -0.1) is 0 Å². The fourth-order valence-electron chi connectivity index (χ4n) is 3.99. The molecule has 1 amide bonds. The number of thioether (sulfide) groups is 1. The molecule has 3 heterocycles. The van der Waals surface area contributed by atoms with E-state index >= 15 is 0 Å². The fourth-order valence-corrected chi connectivity index (χ4v) is 4.90. The van der Waals surface area contributed by atoms with E-state index in [0.29, 0.717) is 30.2 Å². The number of anilines is 1. The van der Waals surface area contributed by atoms with Gasteiger partial charge in [0.1, 0.15) is 5.76 Å². The van der Waals surface area contributed by atoms with E-state index in [9.17, 15) is 4.79 Å². The first-order valence-electron chi connectivity index (χ1n) is 11.5. The molecule has 7 nitrogen and oxygen atoms in total. The number of benzene rings is 2. The van der Waals surface area contributed by atoms with Crippen LogP contribution in [0, 0.1) is 11.3 Å². The van der Waals surface area contributed by atoms with Crippen molar-refractivity contribution in [2.45, 2.75) is 13.1 Å². The van der Waals surface area contributed by atoms with Crippen LogP contribution in [0.25, 0.3) is 11.3 Å². The molecule has 35 heavy (non-hydrogen) atoms. The molecule has 4 aromatic rings. The average Bonchev–Trinajstić information content (AvgIpc) is 3.58. The number of carbonyl (C=O) groups is 1. The molecule has 0 unspecified atom stereocenters. The lowest BCUT2D eigenvalue weighted by atomic mass is 10.1. The summed E-state index contributed by atoms with van der Waals surface area (Å²) in [5.41, 5.74) is 4.73. The Labute approximate surface area is 208 Å². The minimum absolute atomic E-state index is 0.0348. The third-order valence-corrected chi connectivity index (χ3v) is 6.94. The van der Waals surface area contributed by atoms with Crippen molar-refractivity contribution < 1.29 is 9.21 Å². The van der Waals surface area contributed by atoms with Crippen molar-refractivity contribution in [3.8, 4) is 17.4 Å².